The van der Waals surface area contributed by atoms with Gasteiger partial charge in [0.1, 0.15) is 17.8 Å². The molecular formula is C17H24N4O6S. The van der Waals surface area contributed by atoms with Crippen molar-refractivity contribution in [3.05, 3.63) is 29.8 Å². The zero-order valence-corrected chi connectivity index (χ0v) is 16.1. The first-order valence-electron chi connectivity index (χ1n) is 8.38. The Morgan fingerprint density at radius 1 is 1.07 bits per heavy atom. The normalized spacial score (nSPS) is 13.7. The molecule has 1 aromatic rings. The SMILES string of the molecule is CC(N)C(=O)NCC(=O)NC(CS)C(=O)NC(Cc1ccc(O)cc1)C(=O)O. The van der Waals surface area contributed by atoms with Crippen LogP contribution in [0.2, 0.25) is 0 Å². The van der Waals surface area contributed by atoms with Crippen LogP contribution in [0.5, 0.6) is 5.75 Å². The van der Waals surface area contributed by atoms with Crippen molar-refractivity contribution in [2.75, 3.05) is 12.3 Å². The first-order valence-corrected chi connectivity index (χ1v) is 9.01. The fourth-order valence-corrected chi connectivity index (χ4v) is 2.37. The minimum Gasteiger partial charge on any atom is -0.508 e. The third-order valence-corrected chi connectivity index (χ3v) is 4.03. The first kappa shape index (κ1) is 23.2. The smallest absolute Gasteiger partial charge is 0.326 e. The number of hydrogen-bond donors (Lipinski definition) is 7. The van der Waals surface area contributed by atoms with Gasteiger partial charge in [-0.3, -0.25) is 14.4 Å². The van der Waals surface area contributed by atoms with Crippen molar-refractivity contribution >= 4 is 36.3 Å². The van der Waals surface area contributed by atoms with Crippen molar-refractivity contribution in [3.63, 3.8) is 0 Å². The quantitative estimate of drug-likeness (QED) is 0.226. The monoisotopic (exact) mass is 412 g/mol. The summed E-state index contributed by atoms with van der Waals surface area (Å²) in [5.41, 5.74) is 5.96. The highest BCUT2D eigenvalue weighted by atomic mass is 32.1. The van der Waals surface area contributed by atoms with E-state index in [0.29, 0.717) is 5.56 Å². The Morgan fingerprint density at radius 2 is 1.68 bits per heavy atom. The minimum atomic E-state index is -1.25. The van der Waals surface area contributed by atoms with Crippen LogP contribution in [-0.2, 0) is 25.6 Å². The van der Waals surface area contributed by atoms with Gasteiger partial charge in [0, 0.05) is 12.2 Å². The Kier molecular flexibility index (Phi) is 9.25. The lowest BCUT2D eigenvalue weighted by Crippen LogP contribution is -2.54. The van der Waals surface area contributed by atoms with E-state index in [-0.39, 0.29) is 24.5 Å². The molecule has 10 nitrogen and oxygen atoms in total. The molecule has 28 heavy (non-hydrogen) atoms. The lowest BCUT2D eigenvalue weighted by molar-refractivity contribution is -0.142. The van der Waals surface area contributed by atoms with Gasteiger partial charge in [0.15, 0.2) is 0 Å². The largest absolute Gasteiger partial charge is 0.508 e. The minimum absolute atomic E-state index is 0.0148. The molecule has 0 bridgehead atoms. The van der Waals surface area contributed by atoms with Gasteiger partial charge in [-0.05, 0) is 24.6 Å². The lowest BCUT2D eigenvalue weighted by Gasteiger charge is -2.20. The molecule has 0 heterocycles. The zero-order chi connectivity index (χ0) is 21.3. The molecule has 3 unspecified atom stereocenters. The number of nitrogens with two attached hydrogens (primary N) is 1. The molecule has 0 saturated heterocycles. The summed E-state index contributed by atoms with van der Waals surface area (Å²) in [6.07, 6.45) is -0.0148. The Hall–Kier alpha value is -2.79. The van der Waals surface area contributed by atoms with E-state index in [1.165, 1.54) is 31.2 Å². The highest BCUT2D eigenvalue weighted by Crippen LogP contribution is 2.11. The molecule has 1 rings (SSSR count). The number of benzene rings is 1. The van der Waals surface area contributed by atoms with E-state index in [4.69, 9.17) is 5.73 Å². The number of carboxylic acid groups (broad SMARTS) is 1. The Bertz CT molecular complexity index is 710. The highest BCUT2D eigenvalue weighted by molar-refractivity contribution is 7.80. The Labute approximate surface area is 167 Å². The lowest BCUT2D eigenvalue weighted by atomic mass is 10.1. The third-order valence-electron chi connectivity index (χ3n) is 3.66. The number of phenolic OH excluding ortho intramolecular Hbond substituents is 1. The fourth-order valence-electron chi connectivity index (χ4n) is 2.11. The predicted molar refractivity (Wildman–Crippen MR) is 104 cm³/mol. The van der Waals surface area contributed by atoms with E-state index < -0.39 is 41.8 Å². The maximum absolute atomic E-state index is 12.3. The average molecular weight is 412 g/mol. The van der Waals surface area contributed by atoms with Crippen molar-refractivity contribution in [2.45, 2.75) is 31.5 Å². The fraction of sp³-hybridized carbons (Fsp3) is 0.412. The van der Waals surface area contributed by atoms with E-state index in [1.807, 2.05) is 0 Å². The molecule has 7 N–H and O–H groups in total. The highest BCUT2D eigenvalue weighted by Gasteiger charge is 2.26. The summed E-state index contributed by atoms with van der Waals surface area (Å²) in [5.74, 6) is -3.20. The molecule has 1 aromatic carbocycles. The van der Waals surface area contributed by atoms with Crippen LogP contribution in [0.25, 0.3) is 0 Å². The number of aliphatic carboxylic acids is 1. The molecule has 0 aliphatic heterocycles. The van der Waals surface area contributed by atoms with Crippen LogP contribution in [0.15, 0.2) is 24.3 Å². The molecule has 154 valence electrons. The van der Waals surface area contributed by atoms with E-state index in [0.717, 1.165) is 0 Å². The third kappa shape index (κ3) is 7.84. The summed E-state index contributed by atoms with van der Waals surface area (Å²) in [7, 11) is 0. The van der Waals surface area contributed by atoms with Crippen molar-refractivity contribution in [1.29, 1.82) is 0 Å². The number of carbonyl (C=O) groups excluding carboxylic acids is 3. The summed E-state index contributed by atoms with van der Waals surface area (Å²) in [6.45, 7) is 1.07. The van der Waals surface area contributed by atoms with Crippen LogP contribution in [-0.4, -0.2) is 64.3 Å². The second-order valence-electron chi connectivity index (χ2n) is 6.08. The van der Waals surface area contributed by atoms with Gasteiger partial charge in [-0.15, -0.1) is 0 Å². The molecule has 0 saturated carbocycles. The number of hydrogen-bond acceptors (Lipinski definition) is 7. The molecule has 3 amide bonds. The molecule has 0 radical (unpaired) electrons. The second-order valence-corrected chi connectivity index (χ2v) is 6.44. The van der Waals surface area contributed by atoms with Gasteiger partial charge < -0.3 is 31.9 Å². The van der Waals surface area contributed by atoms with Gasteiger partial charge in [-0.25, -0.2) is 4.79 Å². The number of carboxylic acids is 1. The standard InChI is InChI=1S/C17H24N4O6S/c1-9(18)15(24)19-7-14(23)20-13(8-28)16(25)21-12(17(26)27)6-10-2-4-11(22)5-3-10/h2-5,9,12-13,22,28H,6-8,18H2,1H3,(H,19,24)(H,20,23)(H,21,25)(H,26,27). The van der Waals surface area contributed by atoms with Crippen LogP contribution in [0.4, 0.5) is 0 Å². The van der Waals surface area contributed by atoms with Crippen molar-refractivity contribution in [3.8, 4) is 5.75 Å². The number of amides is 3. The Morgan fingerprint density at radius 3 is 2.18 bits per heavy atom. The second kappa shape index (κ2) is 11.1. The van der Waals surface area contributed by atoms with E-state index >= 15 is 0 Å². The van der Waals surface area contributed by atoms with E-state index in [2.05, 4.69) is 28.6 Å². The van der Waals surface area contributed by atoms with Gasteiger partial charge in [-0.2, -0.15) is 12.6 Å². The van der Waals surface area contributed by atoms with Crippen molar-refractivity contribution < 1.29 is 29.4 Å². The van der Waals surface area contributed by atoms with Crippen LogP contribution < -0.4 is 21.7 Å². The predicted octanol–water partition coefficient (Wildman–Crippen LogP) is -1.62. The number of thiol groups is 1. The number of aromatic hydroxyl groups is 1. The number of nitrogens with one attached hydrogen (secondary N) is 3. The maximum atomic E-state index is 12.3. The average Bonchev–Trinajstić information content (AvgIpc) is 2.64. The van der Waals surface area contributed by atoms with Gasteiger partial charge >= 0.3 is 5.97 Å². The van der Waals surface area contributed by atoms with Gasteiger partial charge in [0.25, 0.3) is 0 Å². The summed E-state index contributed by atoms with van der Waals surface area (Å²) >= 11 is 4.00. The van der Waals surface area contributed by atoms with Crippen LogP contribution in [0, 0.1) is 0 Å². The number of phenols is 1. The first-order chi connectivity index (χ1) is 13.1. The van der Waals surface area contributed by atoms with Crippen molar-refractivity contribution in [2.24, 2.45) is 5.73 Å². The molecule has 0 aliphatic rings. The molecule has 11 heteroatoms. The topological polar surface area (TPSA) is 171 Å². The molecular weight excluding hydrogens is 388 g/mol. The molecule has 3 atom stereocenters. The molecule has 0 spiro atoms. The molecule has 0 aromatic heterocycles. The molecule has 0 aliphatic carbocycles. The van der Waals surface area contributed by atoms with Crippen LogP contribution in [0.1, 0.15) is 12.5 Å². The molecule has 0 fully saturated rings. The van der Waals surface area contributed by atoms with Gasteiger partial charge in [-0.1, -0.05) is 12.1 Å². The van der Waals surface area contributed by atoms with Crippen molar-refractivity contribution in [1.82, 2.24) is 16.0 Å². The summed E-state index contributed by atoms with van der Waals surface area (Å²) in [4.78, 5) is 47.0. The zero-order valence-electron chi connectivity index (χ0n) is 15.2. The number of rotatable bonds is 10. The van der Waals surface area contributed by atoms with Gasteiger partial charge in [0.05, 0.1) is 12.6 Å². The Balaban J connectivity index is 2.65. The van der Waals surface area contributed by atoms with E-state index in [1.54, 1.807) is 0 Å². The summed E-state index contributed by atoms with van der Waals surface area (Å²) < 4.78 is 0. The summed E-state index contributed by atoms with van der Waals surface area (Å²) in [6, 6.07) is 2.77. The van der Waals surface area contributed by atoms with Crippen LogP contribution in [0.3, 0.4) is 0 Å². The van der Waals surface area contributed by atoms with Crippen LogP contribution >= 0.6 is 12.6 Å². The van der Waals surface area contributed by atoms with Gasteiger partial charge in [0.2, 0.25) is 17.7 Å². The number of carbonyl (C=O) groups is 4. The summed E-state index contributed by atoms with van der Waals surface area (Å²) in [5, 5.41) is 25.6. The maximum Gasteiger partial charge on any atom is 0.326 e. The van der Waals surface area contributed by atoms with E-state index in [9.17, 15) is 29.4 Å².